The van der Waals surface area contributed by atoms with Crippen LogP contribution >= 0.6 is 11.8 Å². The molecule has 2 aromatic rings. The van der Waals surface area contributed by atoms with E-state index in [0.29, 0.717) is 6.04 Å². The molecule has 1 aromatic carbocycles. The van der Waals surface area contributed by atoms with E-state index in [1.807, 2.05) is 6.20 Å². The Kier molecular flexibility index (Phi) is 5.98. The Morgan fingerprint density at radius 3 is 2.46 bits per heavy atom. The second-order valence-corrected chi connectivity index (χ2v) is 7.41. The van der Waals surface area contributed by atoms with Gasteiger partial charge in [0.2, 0.25) is 0 Å². The number of thioether (sulfide) groups is 1. The predicted octanol–water partition coefficient (Wildman–Crippen LogP) is 3.30. The zero-order valence-electron chi connectivity index (χ0n) is 15.0. The maximum absolute atomic E-state index is 4.62. The third kappa shape index (κ3) is 4.02. The summed E-state index contributed by atoms with van der Waals surface area (Å²) in [5.74, 6) is 1.08. The summed E-state index contributed by atoms with van der Waals surface area (Å²) in [5, 5.41) is 0. The van der Waals surface area contributed by atoms with Gasteiger partial charge in [-0.15, -0.1) is 11.8 Å². The predicted molar refractivity (Wildman–Crippen MR) is 103 cm³/mol. The molecule has 1 aliphatic heterocycles. The minimum atomic E-state index is 0.581. The number of benzene rings is 1. The molecule has 0 amide bonds. The van der Waals surface area contributed by atoms with Crippen molar-refractivity contribution in [3.8, 4) is 11.4 Å². The summed E-state index contributed by atoms with van der Waals surface area (Å²) in [4.78, 5) is 11.0. The number of likely N-dealkylation sites (N-methyl/N-ethyl adjacent to an activating group) is 1. The molecule has 0 radical (unpaired) electrons. The molecule has 1 aromatic heterocycles. The van der Waals surface area contributed by atoms with Gasteiger partial charge in [-0.1, -0.05) is 19.1 Å². The maximum Gasteiger partial charge on any atom is 0.139 e. The van der Waals surface area contributed by atoms with E-state index in [9.17, 15) is 0 Å². The first kappa shape index (κ1) is 17.5. The fraction of sp³-hybridized carbons (Fsp3) is 0.526. The molecule has 130 valence electrons. The molecule has 0 bridgehead atoms. The number of piperazine rings is 1. The fourth-order valence-electron chi connectivity index (χ4n) is 3.37. The highest BCUT2D eigenvalue weighted by molar-refractivity contribution is 7.98. The molecule has 24 heavy (non-hydrogen) atoms. The average molecular weight is 345 g/mol. The first-order chi connectivity index (χ1) is 11.7. The molecule has 0 saturated carbocycles. The summed E-state index contributed by atoms with van der Waals surface area (Å²) in [7, 11) is 2.21. The molecule has 1 unspecified atom stereocenters. The van der Waals surface area contributed by atoms with E-state index < -0.39 is 0 Å². The smallest absolute Gasteiger partial charge is 0.139 e. The number of aromatic nitrogens is 2. The Morgan fingerprint density at radius 1 is 1.12 bits per heavy atom. The van der Waals surface area contributed by atoms with Gasteiger partial charge in [0, 0.05) is 61.6 Å². The summed E-state index contributed by atoms with van der Waals surface area (Å²) in [6, 6.07) is 9.30. The first-order valence-electron chi connectivity index (χ1n) is 8.79. The third-order valence-corrected chi connectivity index (χ3v) is 5.74. The molecule has 4 nitrogen and oxygen atoms in total. The summed E-state index contributed by atoms with van der Waals surface area (Å²) < 4.78 is 2.32. The van der Waals surface area contributed by atoms with Gasteiger partial charge in [0.1, 0.15) is 5.82 Å². The lowest BCUT2D eigenvalue weighted by Gasteiger charge is -2.38. The minimum absolute atomic E-state index is 0.581. The molecule has 0 N–H and O–H groups in total. The van der Waals surface area contributed by atoms with E-state index in [1.54, 1.807) is 11.8 Å². The van der Waals surface area contributed by atoms with Crippen molar-refractivity contribution < 1.29 is 0 Å². The molecule has 2 heterocycles. The molecule has 5 heteroatoms. The molecular weight excluding hydrogens is 316 g/mol. The normalized spacial score (nSPS) is 18.0. The number of nitrogens with zero attached hydrogens (tertiary/aromatic N) is 4. The van der Waals surface area contributed by atoms with Gasteiger partial charge >= 0.3 is 0 Å². The highest BCUT2D eigenvalue weighted by Crippen LogP contribution is 2.23. The van der Waals surface area contributed by atoms with Crippen LogP contribution in [0.15, 0.2) is 41.6 Å². The Bertz CT molecular complexity index is 629. The molecule has 0 aliphatic carbocycles. The molecule has 0 spiro atoms. The third-order valence-electron chi connectivity index (χ3n) is 5.00. The number of hydrogen-bond acceptors (Lipinski definition) is 4. The molecule has 1 atom stereocenters. The van der Waals surface area contributed by atoms with Gasteiger partial charge < -0.3 is 9.47 Å². The lowest BCUT2D eigenvalue weighted by atomic mass is 10.1. The van der Waals surface area contributed by atoms with Gasteiger partial charge in [0.05, 0.1) is 0 Å². The van der Waals surface area contributed by atoms with E-state index in [4.69, 9.17) is 0 Å². The van der Waals surface area contributed by atoms with Gasteiger partial charge in [-0.25, -0.2) is 4.98 Å². The zero-order valence-corrected chi connectivity index (χ0v) is 15.8. The van der Waals surface area contributed by atoms with Crippen LogP contribution in [0.1, 0.15) is 13.3 Å². The Labute approximate surface area is 149 Å². The minimum Gasteiger partial charge on any atom is -0.329 e. The number of rotatable bonds is 6. The van der Waals surface area contributed by atoms with Crippen molar-refractivity contribution in [1.82, 2.24) is 19.4 Å². The molecule has 3 rings (SSSR count). The van der Waals surface area contributed by atoms with Crippen LogP contribution in [0.2, 0.25) is 0 Å². The van der Waals surface area contributed by atoms with Crippen molar-refractivity contribution in [2.75, 3.05) is 39.5 Å². The zero-order chi connectivity index (χ0) is 16.9. The summed E-state index contributed by atoms with van der Waals surface area (Å²) >= 11 is 1.77. The lowest BCUT2D eigenvalue weighted by Crippen LogP contribution is -2.50. The van der Waals surface area contributed by atoms with Crippen LogP contribution in [0.4, 0.5) is 0 Å². The quantitative estimate of drug-likeness (QED) is 0.751. The van der Waals surface area contributed by atoms with Gasteiger partial charge in [0.25, 0.3) is 0 Å². The van der Waals surface area contributed by atoms with E-state index in [0.717, 1.165) is 12.4 Å². The fourth-order valence-corrected chi connectivity index (χ4v) is 3.78. The lowest BCUT2D eigenvalue weighted by molar-refractivity contribution is 0.100. The summed E-state index contributed by atoms with van der Waals surface area (Å²) in [6.45, 7) is 7.99. The van der Waals surface area contributed by atoms with Crippen LogP contribution in [0.3, 0.4) is 0 Å². The van der Waals surface area contributed by atoms with Crippen molar-refractivity contribution in [1.29, 1.82) is 0 Å². The van der Waals surface area contributed by atoms with Gasteiger partial charge in [-0.2, -0.15) is 0 Å². The Balaban J connectivity index is 1.73. The molecule has 1 aliphatic rings. The van der Waals surface area contributed by atoms with Crippen molar-refractivity contribution in [3.05, 3.63) is 36.7 Å². The van der Waals surface area contributed by atoms with Crippen molar-refractivity contribution in [2.45, 2.75) is 30.8 Å². The van der Waals surface area contributed by atoms with E-state index >= 15 is 0 Å². The van der Waals surface area contributed by atoms with Crippen LogP contribution in [-0.2, 0) is 6.54 Å². The van der Waals surface area contributed by atoms with Crippen LogP contribution in [0.5, 0.6) is 0 Å². The number of imidazole rings is 1. The second kappa shape index (κ2) is 8.19. The van der Waals surface area contributed by atoms with Gasteiger partial charge in [0.15, 0.2) is 0 Å². The van der Waals surface area contributed by atoms with E-state index in [1.165, 1.54) is 43.1 Å². The monoisotopic (exact) mass is 344 g/mol. The Hall–Kier alpha value is -1.30. The topological polar surface area (TPSA) is 24.3 Å². The standard InChI is InChI=1S/C19H28N4S/c1-4-17(22-13-11-21(2)12-14-22)15-23-10-9-20-19(23)16-5-7-18(24-3)8-6-16/h5-10,17H,4,11-15H2,1-3H3. The maximum atomic E-state index is 4.62. The van der Waals surface area contributed by atoms with Crippen molar-refractivity contribution in [3.63, 3.8) is 0 Å². The van der Waals surface area contributed by atoms with E-state index in [-0.39, 0.29) is 0 Å². The highest BCUT2D eigenvalue weighted by Gasteiger charge is 2.22. The molecular formula is C19H28N4S. The second-order valence-electron chi connectivity index (χ2n) is 6.53. The van der Waals surface area contributed by atoms with Crippen LogP contribution in [0.25, 0.3) is 11.4 Å². The first-order valence-corrected chi connectivity index (χ1v) is 10.0. The highest BCUT2D eigenvalue weighted by atomic mass is 32.2. The van der Waals surface area contributed by atoms with Gasteiger partial charge in [-0.05, 0) is 31.9 Å². The summed E-state index contributed by atoms with van der Waals surface area (Å²) in [6.07, 6.45) is 7.33. The van der Waals surface area contributed by atoms with Crippen LogP contribution in [0, 0.1) is 0 Å². The van der Waals surface area contributed by atoms with Crippen LogP contribution < -0.4 is 0 Å². The largest absolute Gasteiger partial charge is 0.329 e. The summed E-state index contributed by atoms with van der Waals surface area (Å²) in [5.41, 5.74) is 1.20. The SMILES string of the molecule is CCC(Cn1ccnc1-c1ccc(SC)cc1)N1CCN(C)CC1. The number of hydrogen-bond donors (Lipinski definition) is 0. The Morgan fingerprint density at radius 2 is 1.83 bits per heavy atom. The van der Waals surface area contributed by atoms with Crippen molar-refractivity contribution in [2.24, 2.45) is 0 Å². The molecule has 1 saturated heterocycles. The average Bonchev–Trinajstić information content (AvgIpc) is 3.09. The molecule has 1 fully saturated rings. The van der Waals surface area contributed by atoms with Crippen LogP contribution in [-0.4, -0.2) is 64.9 Å². The van der Waals surface area contributed by atoms with Gasteiger partial charge in [-0.3, -0.25) is 4.90 Å². The van der Waals surface area contributed by atoms with Crippen molar-refractivity contribution >= 4 is 11.8 Å². The van der Waals surface area contributed by atoms with E-state index in [2.05, 4.69) is 70.0 Å².